The maximum absolute atomic E-state index is 12.9. The molecule has 0 bridgehead atoms. The fraction of sp³-hybridized carbons (Fsp3) is 0.526. The Hall–Kier alpha value is -1.48. The molecule has 1 unspecified atom stereocenters. The minimum atomic E-state index is 0.0831. The van der Waals surface area contributed by atoms with Crippen molar-refractivity contribution >= 4 is 28.4 Å². The van der Waals surface area contributed by atoms with Crippen LogP contribution in [0.25, 0.3) is 10.9 Å². The van der Waals surface area contributed by atoms with E-state index in [4.69, 9.17) is 11.6 Å². The molecule has 3 nitrogen and oxygen atoms in total. The van der Waals surface area contributed by atoms with E-state index in [0.29, 0.717) is 11.9 Å². The smallest absolute Gasteiger partial charge is 0.229 e. The number of nitrogens with one attached hydrogen (secondary N) is 1. The van der Waals surface area contributed by atoms with Crippen molar-refractivity contribution in [1.82, 2.24) is 9.88 Å². The van der Waals surface area contributed by atoms with Gasteiger partial charge in [0.25, 0.3) is 0 Å². The highest BCUT2D eigenvalue weighted by molar-refractivity contribution is 6.31. The van der Waals surface area contributed by atoms with Crippen LogP contribution in [0.5, 0.6) is 0 Å². The molecule has 1 heterocycles. The van der Waals surface area contributed by atoms with Crippen LogP contribution in [0.2, 0.25) is 5.02 Å². The predicted molar refractivity (Wildman–Crippen MR) is 91.7 cm³/mol. The van der Waals surface area contributed by atoms with Crippen molar-refractivity contribution in [2.24, 2.45) is 11.3 Å². The second kappa shape index (κ2) is 4.54. The molecule has 0 spiro atoms. The van der Waals surface area contributed by atoms with Gasteiger partial charge in [0.1, 0.15) is 0 Å². The molecule has 2 saturated carbocycles. The van der Waals surface area contributed by atoms with Gasteiger partial charge in [-0.15, -0.1) is 0 Å². The molecule has 1 N–H and O–H groups in total. The summed E-state index contributed by atoms with van der Waals surface area (Å²) in [4.78, 5) is 18.6. The number of H-pyrrole nitrogens is 1. The van der Waals surface area contributed by atoms with E-state index >= 15 is 0 Å². The van der Waals surface area contributed by atoms with Crippen molar-refractivity contribution in [3.63, 3.8) is 0 Å². The topological polar surface area (TPSA) is 36.1 Å². The lowest BCUT2D eigenvalue weighted by atomic mass is 9.90. The molecule has 1 amide bonds. The quantitative estimate of drug-likeness (QED) is 0.910. The highest BCUT2D eigenvalue weighted by Gasteiger charge is 2.75. The molecule has 1 aromatic carbocycles. The third-order valence-electron chi connectivity index (χ3n) is 6.27. The molecule has 0 radical (unpaired) electrons. The zero-order chi connectivity index (χ0) is 15.8. The Labute approximate surface area is 141 Å². The number of benzene rings is 1. The van der Waals surface area contributed by atoms with Gasteiger partial charge in [0.15, 0.2) is 0 Å². The first kappa shape index (κ1) is 13.9. The molecular formula is C19H21ClN2O. The fourth-order valence-electron chi connectivity index (χ4n) is 4.54. The van der Waals surface area contributed by atoms with Crippen LogP contribution in [-0.2, 0) is 17.6 Å². The Bertz CT molecular complexity index is 818. The number of rotatable bonds is 3. The van der Waals surface area contributed by atoms with Crippen LogP contribution in [0, 0.1) is 11.3 Å². The number of fused-ring (bicyclic) bond motifs is 4. The number of hydrogen-bond acceptors (Lipinski definition) is 1. The van der Waals surface area contributed by atoms with Crippen LogP contribution in [0.15, 0.2) is 18.2 Å². The molecule has 3 aliphatic rings. The number of nitrogens with zero attached hydrogens (tertiary/aromatic N) is 1. The summed E-state index contributed by atoms with van der Waals surface area (Å²) >= 11 is 6.19. The molecular weight excluding hydrogens is 308 g/mol. The van der Waals surface area contributed by atoms with E-state index < -0.39 is 0 Å². The molecule has 5 rings (SSSR count). The maximum Gasteiger partial charge on any atom is 0.229 e. The van der Waals surface area contributed by atoms with Gasteiger partial charge in [-0.3, -0.25) is 4.79 Å². The van der Waals surface area contributed by atoms with Crippen molar-refractivity contribution < 1.29 is 4.79 Å². The first-order valence-electron chi connectivity index (χ1n) is 8.72. The van der Waals surface area contributed by atoms with Crippen LogP contribution in [0.4, 0.5) is 0 Å². The number of aromatic amines is 1. The lowest BCUT2D eigenvalue weighted by molar-refractivity contribution is -0.137. The third-order valence-corrected chi connectivity index (χ3v) is 6.51. The standard InChI is InChI=1S/C19H21ClN2O/c1-2-22(18(23)19-9-11(19)10-19)13-4-6-17-15(8-13)14-7-12(20)3-5-16(14)21-17/h3,5,7,11,13,21H,2,4,6,8-10H2,1H3. The lowest BCUT2D eigenvalue weighted by Gasteiger charge is -2.34. The van der Waals surface area contributed by atoms with E-state index in [1.54, 1.807) is 0 Å². The van der Waals surface area contributed by atoms with Gasteiger partial charge in [0.05, 0.1) is 5.41 Å². The van der Waals surface area contributed by atoms with Gasteiger partial charge in [0, 0.05) is 34.2 Å². The zero-order valence-corrected chi connectivity index (χ0v) is 14.1. The maximum atomic E-state index is 12.9. The summed E-state index contributed by atoms with van der Waals surface area (Å²) in [5.41, 5.74) is 3.94. The van der Waals surface area contributed by atoms with Crippen molar-refractivity contribution in [2.75, 3.05) is 6.54 Å². The number of carbonyl (C=O) groups excluding carboxylic acids is 1. The van der Waals surface area contributed by atoms with Gasteiger partial charge < -0.3 is 9.88 Å². The summed E-state index contributed by atoms with van der Waals surface area (Å²) in [6.45, 7) is 2.95. The fourth-order valence-corrected chi connectivity index (χ4v) is 4.71. The first-order valence-corrected chi connectivity index (χ1v) is 9.10. The van der Waals surface area contributed by atoms with Gasteiger partial charge in [-0.25, -0.2) is 0 Å². The molecule has 1 aromatic heterocycles. The normalized spacial score (nSPS) is 30.7. The average Bonchev–Trinajstić information content (AvgIpc) is 3.38. The Kier molecular flexibility index (Phi) is 2.74. The van der Waals surface area contributed by atoms with E-state index in [1.165, 1.54) is 16.6 Å². The van der Waals surface area contributed by atoms with Crippen LogP contribution < -0.4 is 0 Å². The van der Waals surface area contributed by atoms with Gasteiger partial charge in [-0.1, -0.05) is 11.6 Å². The second-order valence-corrected chi connectivity index (χ2v) is 7.96. The first-order chi connectivity index (χ1) is 11.1. The number of carbonyl (C=O) groups is 1. The second-order valence-electron chi connectivity index (χ2n) is 7.52. The summed E-state index contributed by atoms with van der Waals surface area (Å²) in [6, 6.07) is 6.40. The summed E-state index contributed by atoms with van der Waals surface area (Å²) < 4.78 is 0. The molecule has 1 atom stereocenters. The Morgan fingerprint density at radius 3 is 2.91 bits per heavy atom. The van der Waals surface area contributed by atoms with Gasteiger partial charge >= 0.3 is 0 Å². The largest absolute Gasteiger partial charge is 0.358 e. The van der Waals surface area contributed by atoms with Crippen molar-refractivity contribution in [1.29, 1.82) is 0 Å². The predicted octanol–water partition coefficient (Wildman–Crippen LogP) is 3.94. The molecule has 2 fully saturated rings. The summed E-state index contributed by atoms with van der Waals surface area (Å²) in [5, 5.41) is 2.01. The Balaban J connectivity index is 1.47. The van der Waals surface area contributed by atoms with E-state index in [1.807, 2.05) is 6.07 Å². The Morgan fingerprint density at radius 1 is 1.43 bits per heavy atom. The number of aromatic nitrogens is 1. The van der Waals surface area contributed by atoms with E-state index in [2.05, 4.69) is 28.9 Å². The number of likely N-dealkylation sites (N-methyl/N-ethyl adjacent to an activating group) is 1. The summed E-state index contributed by atoms with van der Waals surface area (Å²) in [6.07, 6.45) is 5.32. The monoisotopic (exact) mass is 328 g/mol. The SMILES string of the molecule is CCN(C(=O)C12CC1C2)C1CCc2[nH]c3ccc(Cl)cc3c2C1. The van der Waals surface area contributed by atoms with E-state index in [0.717, 1.165) is 55.1 Å². The lowest BCUT2D eigenvalue weighted by Crippen LogP contribution is -2.45. The van der Waals surface area contributed by atoms with Crippen LogP contribution in [0.3, 0.4) is 0 Å². The Morgan fingerprint density at radius 2 is 2.22 bits per heavy atom. The van der Waals surface area contributed by atoms with Crippen molar-refractivity contribution in [2.45, 2.75) is 45.1 Å². The van der Waals surface area contributed by atoms with E-state index in [-0.39, 0.29) is 5.41 Å². The number of amides is 1. The van der Waals surface area contributed by atoms with E-state index in [9.17, 15) is 4.79 Å². The van der Waals surface area contributed by atoms with Crippen molar-refractivity contribution in [3.05, 3.63) is 34.5 Å². The minimum absolute atomic E-state index is 0.0831. The molecule has 3 aliphatic carbocycles. The number of halogens is 1. The summed E-state index contributed by atoms with van der Waals surface area (Å²) in [7, 11) is 0. The highest BCUT2D eigenvalue weighted by atomic mass is 35.5. The third kappa shape index (κ3) is 1.92. The molecule has 0 aliphatic heterocycles. The molecule has 23 heavy (non-hydrogen) atoms. The highest BCUT2D eigenvalue weighted by Crippen LogP contribution is 2.76. The van der Waals surface area contributed by atoms with Gasteiger partial charge in [-0.05, 0) is 68.7 Å². The molecule has 120 valence electrons. The van der Waals surface area contributed by atoms with Gasteiger partial charge in [0.2, 0.25) is 5.91 Å². The molecule has 2 aromatic rings. The molecule has 0 saturated heterocycles. The van der Waals surface area contributed by atoms with Crippen molar-refractivity contribution in [3.8, 4) is 0 Å². The van der Waals surface area contributed by atoms with Gasteiger partial charge in [-0.2, -0.15) is 0 Å². The summed E-state index contributed by atoms with van der Waals surface area (Å²) in [5.74, 6) is 1.14. The van der Waals surface area contributed by atoms with Crippen LogP contribution in [-0.4, -0.2) is 28.4 Å². The zero-order valence-electron chi connectivity index (χ0n) is 13.4. The molecule has 4 heteroatoms. The minimum Gasteiger partial charge on any atom is -0.358 e. The van der Waals surface area contributed by atoms with Crippen LogP contribution >= 0.6 is 11.6 Å². The average molecular weight is 329 g/mol. The van der Waals surface area contributed by atoms with Crippen LogP contribution in [0.1, 0.15) is 37.4 Å². The number of hydrogen-bond donors (Lipinski definition) is 1. The number of aryl methyl sites for hydroxylation is 1.